The van der Waals surface area contributed by atoms with Crippen LogP contribution in [0.1, 0.15) is 12.8 Å². The Morgan fingerprint density at radius 2 is 1.90 bits per heavy atom. The third kappa shape index (κ3) is 4.07. The summed E-state index contributed by atoms with van der Waals surface area (Å²) in [4.78, 5) is 6.41. The molecular weight excluding hydrogens is 298 g/mol. The van der Waals surface area contributed by atoms with Gasteiger partial charge in [-0.05, 0) is 25.0 Å². The van der Waals surface area contributed by atoms with E-state index in [4.69, 9.17) is 11.6 Å². The van der Waals surface area contributed by atoms with Crippen molar-refractivity contribution in [3.63, 3.8) is 0 Å². The Morgan fingerprint density at radius 1 is 1.15 bits per heavy atom. The zero-order valence-electron chi connectivity index (χ0n) is 11.4. The van der Waals surface area contributed by atoms with Gasteiger partial charge >= 0.3 is 0 Å². The molecule has 0 bridgehead atoms. The number of hydrogen-bond donors (Lipinski definition) is 0. The third-order valence-electron chi connectivity index (χ3n) is 3.39. The monoisotopic (exact) mass is 317 g/mol. The summed E-state index contributed by atoms with van der Waals surface area (Å²) in [6, 6.07) is 5.77. The van der Waals surface area contributed by atoms with Gasteiger partial charge in [0.2, 0.25) is 10.0 Å². The molecule has 1 aliphatic rings. The van der Waals surface area contributed by atoms with Gasteiger partial charge in [-0.15, -0.1) is 11.6 Å². The molecule has 2 heterocycles. The van der Waals surface area contributed by atoms with Gasteiger partial charge in [-0.3, -0.25) is 0 Å². The first kappa shape index (κ1) is 15.5. The molecule has 20 heavy (non-hydrogen) atoms. The summed E-state index contributed by atoms with van der Waals surface area (Å²) < 4.78 is 25.9. The van der Waals surface area contributed by atoms with Crippen molar-refractivity contribution in [2.45, 2.75) is 12.8 Å². The summed E-state index contributed by atoms with van der Waals surface area (Å²) in [6.07, 6.45) is 3.13. The fraction of sp³-hybridized carbons (Fsp3) is 0.615. The molecule has 0 radical (unpaired) electrons. The minimum atomic E-state index is -3.13. The van der Waals surface area contributed by atoms with Gasteiger partial charge in [0.15, 0.2) is 0 Å². The van der Waals surface area contributed by atoms with Crippen LogP contribution in [0, 0.1) is 0 Å². The minimum Gasteiger partial charge on any atom is -0.354 e. The molecule has 0 N–H and O–H groups in total. The second kappa shape index (κ2) is 7.24. The maximum Gasteiger partial charge on any atom is 0.214 e. The van der Waals surface area contributed by atoms with E-state index < -0.39 is 10.0 Å². The molecule has 5 nitrogen and oxygen atoms in total. The standard InChI is InChI=1S/C13H20ClN3O2S/c14-6-2-4-12-20(18,19)17-10-8-16(9-11-17)13-5-1-3-7-15-13/h1,3,5,7H,2,4,6,8-12H2. The molecule has 0 atom stereocenters. The maximum atomic E-state index is 12.2. The predicted octanol–water partition coefficient (Wildman–Crippen LogP) is 1.55. The molecule has 0 aromatic carbocycles. The maximum absolute atomic E-state index is 12.2. The molecule has 0 unspecified atom stereocenters. The highest BCUT2D eigenvalue weighted by Gasteiger charge is 2.26. The number of halogens is 1. The molecule has 7 heteroatoms. The Labute approximate surface area is 125 Å². The van der Waals surface area contributed by atoms with E-state index >= 15 is 0 Å². The molecule has 1 aliphatic heterocycles. The fourth-order valence-electron chi connectivity index (χ4n) is 2.24. The van der Waals surface area contributed by atoms with Crippen LogP contribution in [-0.2, 0) is 10.0 Å². The molecule has 0 aliphatic carbocycles. The SMILES string of the molecule is O=S(=O)(CCCCCl)N1CCN(c2ccccn2)CC1. The average molecular weight is 318 g/mol. The molecule has 1 aromatic heterocycles. The van der Waals surface area contributed by atoms with Crippen molar-refractivity contribution in [3.05, 3.63) is 24.4 Å². The number of nitrogens with zero attached hydrogens (tertiary/aromatic N) is 3. The number of pyridine rings is 1. The van der Waals surface area contributed by atoms with Crippen LogP contribution >= 0.6 is 11.6 Å². The van der Waals surface area contributed by atoms with Gasteiger partial charge in [-0.25, -0.2) is 13.4 Å². The van der Waals surface area contributed by atoms with Crippen molar-refractivity contribution in [3.8, 4) is 0 Å². The van der Waals surface area contributed by atoms with Crippen molar-refractivity contribution in [2.24, 2.45) is 0 Å². The zero-order valence-corrected chi connectivity index (χ0v) is 13.0. The first-order valence-corrected chi connectivity index (χ1v) is 8.97. The smallest absolute Gasteiger partial charge is 0.214 e. The molecule has 1 fully saturated rings. The topological polar surface area (TPSA) is 53.5 Å². The van der Waals surface area contributed by atoms with Crippen LogP contribution in [-0.4, -0.2) is 55.5 Å². The van der Waals surface area contributed by atoms with Gasteiger partial charge < -0.3 is 4.90 Å². The Morgan fingerprint density at radius 3 is 2.50 bits per heavy atom. The van der Waals surface area contributed by atoms with E-state index in [1.807, 2.05) is 18.2 Å². The van der Waals surface area contributed by atoms with Gasteiger partial charge in [0.25, 0.3) is 0 Å². The first-order valence-electron chi connectivity index (χ1n) is 6.83. The Hall–Kier alpha value is -0.850. The summed E-state index contributed by atoms with van der Waals surface area (Å²) >= 11 is 5.58. The second-order valence-electron chi connectivity index (χ2n) is 4.79. The quantitative estimate of drug-likeness (QED) is 0.590. The van der Waals surface area contributed by atoms with Gasteiger partial charge in [0, 0.05) is 38.3 Å². The largest absolute Gasteiger partial charge is 0.354 e. The average Bonchev–Trinajstić information content (AvgIpc) is 2.48. The lowest BCUT2D eigenvalue weighted by molar-refractivity contribution is 0.383. The zero-order chi connectivity index (χ0) is 14.4. The summed E-state index contributed by atoms with van der Waals surface area (Å²) in [5.74, 6) is 1.62. The lowest BCUT2D eigenvalue weighted by Gasteiger charge is -2.34. The fourth-order valence-corrected chi connectivity index (χ4v) is 3.98. The minimum absolute atomic E-state index is 0.198. The van der Waals surface area contributed by atoms with Crippen LogP contribution in [0.4, 0.5) is 5.82 Å². The van der Waals surface area contributed by atoms with E-state index in [0.717, 1.165) is 12.2 Å². The summed E-state index contributed by atoms with van der Waals surface area (Å²) in [5, 5.41) is 0. The van der Waals surface area contributed by atoms with Crippen LogP contribution < -0.4 is 4.90 Å². The summed E-state index contributed by atoms with van der Waals surface area (Å²) in [6.45, 7) is 2.43. The number of rotatable bonds is 6. The summed E-state index contributed by atoms with van der Waals surface area (Å²) in [7, 11) is -3.13. The van der Waals surface area contributed by atoms with E-state index in [1.165, 1.54) is 0 Å². The highest BCUT2D eigenvalue weighted by molar-refractivity contribution is 7.89. The summed E-state index contributed by atoms with van der Waals surface area (Å²) in [5.41, 5.74) is 0. The van der Waals surface area contributed by atoms with Gasteiger partial charge in [0.05, 0.1) is 5.75 Å². The van der Waals surface area contributed by atoms with E-state index in [-0.39, 0.29) is 5.75 Å². The number of sulfonamides is 1. The van der Waals surface area contributed by atoms with Crippen LogP contribution in [0.3, 0.4) is 0 Å². The van der Waals surface area contributed by atoms with Crippen LogP contribution in [0.5, 0.6) is 0 Å². The van der Waals surface area contributed by atoms with Crippen LogP contribution in [0.25, 0.3) is 0 Å². The van der Waals surface area contributed by atoms with Crippen LogP contribution in [0.15, 0.2) is 24.4 Å². The molecule has 112 valence electrons. The highest BCUT2D eigenvalue weighted by atomic mass is 35.5. The molecule has 0 amide bonds. The third-order valence-corrected chi connectivity index (χ3v) is 5.62. The van der Waals surface area contributed by atoms with E-state index in [1.54, 1.807) is 10.5 Å². The number of piperazine rings is 1. The van der Waals surface area contributed by atoms with E-state index in [9.17, 15) is 8.42 Å². The van der Waals surface area contributed by atoms with Crippen molar-refractivity contribution in [1.82, 2.24) is 9.29 Å². The number of alkyl halides is 1. The Balaban J connectivity index is 1.88. The van der Waals surface area contributed by atoms with Gasteiger partial charge in [-0.2, -0.15) is 4.31 Å². The molecule has 2 rings (SSSR count). The molecular formula is C13H20ClN3O2S. The van der Waals surface area contributed by atoms with E-state index in [0.29, 0.717) is 38.5 Å². The van der Waals surface area contributed by atoms with Gasteiger partial charge in [-0.1, -0.05) is 6.07 Å². The Bertz CT molecular complexity index is 502. The van der Waals surface area contributed by atoms with Crippen molar-refractivity contribution in [1.29, 1.82) is 0 Å². The molecule has 1 aromatic rings. The normalized spacial score (nSPS) is 17.4. The Kier molecular flexibility index (Phi) is 5.63. The number of unbranched alkanes of at least 4 members (excludes halogenated alkanes) is 1. The van der Waals surface area contributed by atoms with E-state index in [2.05, 4.69) is 9.88 Å². The van der Waals surface area contributed by atoms with Crippen molar-refractivity contribution >= 4 is 27.4 Å². The molecule has 1 saturated heterocycles. The molecule has 0 saturated carbocycles. The van der Waals surface area contributed by atoms with Gasteiger partial charge in [0.1, 0.15) is 5.82 Å². The van der Waals surface area contributed by atoms with Crippen LogP contribution in [0.2, 0.25) is 0 Å². The van der Waals surface area contributed by atoms with Crippen molar-refractivity contribution < 1.29 is 8.42 Å². The second-order valence-corrected chi connectivity index (χ2v) is 7.25. The number of anilines is 1. The first-order chi connectivity index (χ1) is 9.63. The number of hydrogen-bond acceptors (Lipinski definition) is 4. The lowest BCUT2D eigenvalue weighted by Crippen LogP contribution is -2.49. The predicted molar refractivity (Wildman–Crippen MR) is 81.8 cm³/mol. The van der Waals surface area contributed by atoms with Crippen molar-refractivity contribution in [2.75, 3.05) is 42.7 Å². The lowest BCUT2D eigenvalue weighted by atomic mass is 10.3. The number of aromatic nitrogens is 1. The highest BCUT2D eigenvalue weighted by Crippen LogP contribution is 2.15. The molecule has 0 spiro atoms.